The summed E-state index contributed by atoms with van der Waals surface area (Å²) in [6, 6.07) is 17.9. The third kappa shape index (κ3) is 4.15. The van der Waals surface area contributed by atoms with Gasteiger partial charge < -0.3 is 14.2 Å². The number of likely N-dealkylation sites (N-methyl/N-ethyl adjacent to an activating group) is 1. The predicted octanol–water partition coefficient (Wildman–Crippen LogP) is 4.08. The molecule has 0 N–H and O–H groups in total. The van der Waals surface area contributed by atoms with Crippen molar-refractivity contribution in [2.45, 2.75) is 0 Å². The Balaban J connectivity index is 1.35. The van der Waals surface area contributed by atoms with E-state index in [4.69, 9.17) is 9.40 Å². The minimum atomic E-state index is 0.346. The Labute approximate surface area is 187 Å². The Bertz CT molecular complexity index is 1210. The molecule has 2 aromatic heterocycles. The van der Waals surface area contributed by atoms with Gasteiger partial charge in [-0.25, -0.2) is 4.98 Å². The lowest BCUT2D eigenvalue weighted by molar-refractivity contribution is 0.207. The van der Waals surface area contributed by atoms with E-state index >= 15 is 0 Å². The van der Waals surface area contributed by atoms with Crippen LogP contribution in [0.4, 0.5) is 0 Å². The van der Waals surface area contributed by atoms with E-state index in [1.54, 1.807) is 12.4 Å². The molecule has 1 fully saturated rings. The van der Waals surface area contributed by atoms with Crippen molar-refractivity contribution >= 4 is 5.70 Å². The molecule has 0 amide bonds. The lowest BCUT2D eigenvalue weighted by Crippen LogP contribution is -2.43. The zero-order chi connectivity index (χ0) is 21.9. The maximum Gasteiger partial charge on any atom is 0.268 e. The molecule has 0 unspecified atom stereocenters. The van der Waals surface area contributed by atoms with Gasteiger partial charge in [-0.05, 0) is 24.7 Å². The zero-order valence-corrected chi connectivity index (χ0v) is 18.0. The number of rotatable bonds is 5. The van der Waals surface area contributed by atoms with Crippen molar-refractivity contribution in [3.05, 3.63) is 79.1 Å². The fourth-order valence-corrected chi connectivity index (χ4v) is 3.72. The summed E-state index contributed by atoms with van der Waals surface area (Å²) in [5, 5.41) is 8.30. The number of hydrogen-bond acceptors (Lipinski definition) is 7. The van der Waals surface area contributed by atoms with E-state index < -0.39 is 0 Å². The topological polar surface area (TPSA) is 71.2 Å². The molecule has 5 rings (SSSR count). The minimum Gasteiger partial charge on any atom is -0.415 e. The molecule has 32 heavy (non-hydrogen) atoms. The third-order valence-electron chi connectivity index (χ3n) is 5.70. The lowest BCUT2D eigenvalue weighted by Gasteiger charge is -2.35. The van der Waals surface area contributed by atoms with Gasteiger partial charge in [0.25, 0.3) is 5.89 Å². The number of nitrogens with zero attached hydrogens (tertiary/aromatic N) is 6. The molecule has 7 nitrogen and oxygen atoms in total. The van der Waals surface area contributed by atoms with Crippen molar-refractivity contribution in [1.82, 2.24) is 30.0 Å². The van der Waals surface area contributed by atoms with Crippen LogP contribution in [0.2, 0.25) is 0 Å². The fraction of sp³-hybridized carbons (Fsp3) is 0.200. The standard InChI is InChI=1S/C25H24N6O/c1-18(31-14-12-30(2)13-15-31)19-8-10-20(11-9-19)22-16-26-17-23(27-22)25-29-28-24(32-25)21-6-4-3-5-7-21/h3-11,16-17H,1,12-15H2,2H3. The normalized spacial score (nSPS) is 14.5. The van der Waals surface area contributed by atoms with Crippen LogP contribution in [0, 0.1) is 0 Å². The van der Waals surface area contributed by atoms with Gasteiger partial charge in [0.05, 0.1) is 18.1 Å². The molecular formula is C25H24N6O. The molecule has 1 saturated heterocycles. The molecule has 0 bridgehead atoms. The molecule has 1 aliphatic rings. The van der Waals surface area contributed by atoms with Gasteiger partial charge in [0.15, 0.2) is 0 Å². The largest absolute Gasteiger partial charge is 0.415 e. The number of aromatic nitrogens is 4. The first kappa shape index (κ1) is 20.1. The van der Waals surface area contributed by atoms with Crippen LogP contribution in [0.3, 0.4) is 0 Å². The lowest BCUT2D eigenvalue weighted by atomic mass is 10.1. The summed E-state index contributed by atoms with van der Waals surface area (Å²) in [4.78, 5) is 13.7. The highest BCUT2D eigenvalue weighted by atomic mass is 16.4. The Morgan fingerprint density at radius 2 is 1.50 bits per heavy atom. The second-order valence-electron chi connectivity index (χ2n) is 7.88. The molecule has 0 aliphatic carbocycles. The van der Waals surface area contributed by atoms with Crippen LogP contribution in [-0.4, -0.2) is 63.2 Å². The van der Waals surface area contributed by atoms with Crippen LogP contribution in [0.1, 0.15) is 5.56 Å². The van der Waals surface area contributed by atoms with Crippen LogP contribution in [0.25, 0.3) is 40.0 Å². The van der Waals surface area contributed by atoms with Gasteiger partial charge in [-0.3, -0.25) is 4.98 Å². The molecule has 7 heteroatoms. The second-order valence-corrected chi connectivity index (χ2v) is 7.88. The van der Waals surface area contributed by atoms with E-state index in [1.807, 2.05) is 42.5 Å². The first-order valence-electron chi connectivity index (χ1n) is 10.6. The Morgan fingerprint density at radius 1 is 0.812 bits per heavy atom. The summed E-state index contributed by atoms with van der Waals surface area (Å²) in [7, 11) is 2.15. The van der Waals surface area contributed by atoms with Gasteiger partial charge in [0.2, 0.25) is 5.89 Å². The molecule has 0 atom stereocenters. The average Bonchev–Trinajstić information content (AvgIpc) is 3.35. The van der Waals surface area contributed by atoms with E-state index in [0.29, 0.717) is 17.5 Å². The predicted molar refractivity (Wildman–Crippen MR) is 124 cm³/mol. The average molecular weight is 425 g/mol. The highest BCUT2D eigenvalue weighted by molar-refractivity contribution is 5.68. The van der Waals surface area contributed by atoms with Gasteiger partial charge in [-0.2, -0.15) is 0 Å². The molecule has 1 aliphatic heterocycles. The highest BCUT2D eigenvalue weighted by Crippen LogP contribution is 2.26. The quantitative estimate of drug-likeness (QED) is 0.478. The van der Waals surface area contributed by atoms with Crippen molar-refractivity contribution in [1.29, 1.82) is 0 Å². The van der Waals surface area contributed by atoms with Gasteiger partial charge in [0, 0.05) is 43.0 Å². The highest BCUT2D eigenvalue weighted by Gasteiger charge is 2.17. The molecule has 4 aromatic rings. The monoisotopic (exact) mass is 424 g/mol. The fourth-order valence-electron chi connectivity index (χ4n) is 3.72. The summed E-state index contributed by atoms with van der Waals surface area (Å²) in [5.41, 5.74) is 5.31. The molecule has 3 heterocycles. The Hall–Kier alpha value is -3.84. The van der Waals surface area contributed by atoms with E-state index in [0.717, 1.165) is 54.3 Å². The van der Waals surface area contributed by atoms with Crippen LogP contribution in [0.5, 0.6) is 0 Å². The third-order valence-corrected chi connectivity index (χ3v) is 5.70. The van der Waals surface area contributed by atoms with Gasteiger partial charge in [0.1, 0.15) is 5.69 Å². The number of hydrogen-bond donors (Lipinski definition) is 0. The van der Waals surface area contributed by atoms with E-state index in [2.05, 4.69) is 50.7 Å². The first-order chi connectivity index (χ1) is 15.7. The maximum atomic E-state index is 5.83. The van der Waals surface area contributed by atoms with Crippen LogP contribution < -0.4 is 0 Å². The summed E-state index contributed by atoms with van der Waals surface area (Å²) in [6.45, 7) is 8.42. The molecule has 0 spiro atoms. The van der Waals surface area contributed by atoms with Crippen LogP contribution in [-0.2, 0) is 0 Å². The van der Waals surface area contributed by atoms with E-state index in [9.17, 15) is 0 Å². The summed E-state index contributed by atoms with van der Waals surface area (Å²) >= 11 is 0. The molecule has 2 aromatic carbocycles. The summed E-state index contributed by atoms with van der Waals surface area (Å²) in [6.07, 6.45) is 3.37. The molecule has 160 valence electrons. The van der Waals surface area contributed by atoms with Crippen molar-refractivity contribution in [3.8, 4) is 34.3 Å². The van der Waals surface area contributed by atoms with E-state index in [-0.39, 0.29) is 0 Å². The van der Waals surface area contributed by atoms with Gasteiger partial charge in [-0.1, -0.05) is 49.0 Å². The Kier molecular flexibility index (Phi) is 5.47. The molecule has 0 radical (unpaired) electrons. The summed E-state index contributed by atoms with van der Waals surface area (Å²) < 4.78 is 5.83. The SMILES string of the molecule is C=C(c1ccc(-c2cncc(-c3nnc(-c4ccccc4)o3)n2)cc1)N1CCN(C)CC1. The Morgan fingerprint density at radius 3 is 2.25 bits per heavy atom. The van der Waals surface area contributed by atoms with Crippen molar-refractivity contribution in [3.63, 3.8) is 0 Å². The van der Waals surface area contributed by atoms with E-state index in [1.165, 1.54) is 0 Å². The van der Waals surface area contributed by atoms with Crippen molar-refractivity contribution < 1.29 is 4.42 Å². The van der Waals surface area contributed by atoms with Gasteiger partial charge in [-0.15, -0.1) is 10.2 Å². The zero-order valence-electron chi connectivity index (χ0n) is 18.0. The smallest absolute Gasteiger partial charge is 0.268 e. The number of benzene rings is 2. The van der Waals surface area contributed by atoms with Crippen LogP contribution in [0.15, 0.2) is 78.0 Å². The maximum absolute atomic E-state index is 5.83. The summed E-state index contributed by atoms with van der Waals surface area (Å²) in [5.74, 6) is 0.804. The number of piperazine rings is 1. The van der Waals surface area contributed by atoms with Crippen LogP contribution >= 0.6 is 0 Å². The molecule has 0 saturated carbocycles. The second kappa shape index (κ2) is 8.72. The van der Waals surface area contributed by atoms with Crippen molar-refractivity contribution in [2.24, 2.45) is 0 Å². The van der Waals surface area contributed by atoms with Crippen molar-refractivity contribution in [2.75, 3.05) is 33.2 Å². The molecular weight excluding hydrogens is 400 g/mol. The first-order valence-corrected chi connectivity index (χ1v) is 10.6. The minimum absolute atomic E-state index is 0.346. The van der Waals surface area contributed by atoms with Gasteiger partial charge >= 0.3 is 0 Å².